The van der Waals surface area contributed by atoms with Crippen LogP contribution in [0.25, 0.3) is 0 Å². The third kappa shape index (κ3) is 5.40. The Hall–Kier alpha value is -0.936. The van der Waals surface area contributed by atoms with Gasteiger partial charge in [0.2, 0.25) is 0 Å². The molecule has 0 radical (unpaired) electrons. The standard InChI is InChI=1S/C14H11F2NO.2ClH.Ti/c1-9-4-2-5-10(14(9)18)8-17-13-11(15)6-3-7-12(13)16;;;/h2-8,18H,1H3;2*1H;/q;;;+2/p-2. The maximum absolute atomic E-state index is 13.3. The number of aliphatic imine (C=N–C) groups is 1. The molecule has 0 fully saturated rings. The van der Waals surface area contributed by atoms with Gasteiger partial charge in [-0.2, -0.15) is 0 Å². The summed E-state index contributed by atoms with van der Waals surface area (Å²) in [6.07, 6.45) is 1.24. The number of hydrogen-bond acceptors (Lipinski definition) is 2. The zero-order valence-corrected chi connectivity index (χ0v) is 14.0. The van der Waals surface area contributed by atoms with Crippen molar-refractivity contribution in [2.45, 2.75) is 6.92 Å². The van der Waals surface area contributed by atoms with E-state index in [9.17, 15) is 13.9 Å². The molecule has 0 saturated heterocycles. The molecule has 0 aliphatic rings. The Morgan fingerprint density at radius 1 is 1.10 bits per heavy atom. The second kappa shape index (κ2) is 9.16. The normalized spacial score (nSPS) is 10.1. The molecule has 2 nitrogen and oxygen atoms in total. The predicted molar refractivity (Wildman–Crippen MR) is 78.2 cm³/mol. The zero-order chi connectivity index (χ0) is 15.8. The number of rotatable bonds is 2. The number of benzene rings is 2. The van der Waals surface area contributed by atoms with Crippen LogP contribution < -0.4 is 0 Å². The second-order valence-electron chi connectivity index (χ2n) is 3.91. The zero-order valence-electron chi connectivity index (χ0n) is 10.9. The summed E-state index contributed by atoms with van der Waals surface area (Å²) in [6, 6.07) is 8.61. The SMILES string of the molecule is Cc1cccc(C=Nc2c(F)cccc2F)c1O.[Cl][Ti][Cl]. The topological polar surface area (TPSA) is 32.6 Å². The van der Waals surface area contributed by atoms with Crippen LogP contribution in [-0.4, -0.2) is 11.3 Å². The van der Waals surface area contributed by atoms with Gasteiger partial charge in [-0.05, 0) is 30.7 Å². The van der Waals surface area contributed by atoms with Crippen molar-refractivity contribution in [3.8, 4) is 5.75 Å². The van der Waals surface area contributed by atoms with E-state index in [4.69, 9.17) is 18.6 Å². The van der Waals surface area contributed by atoms with Gasteiger partial charge in [0, 0.05) is 11.8 Å². The average molecular weight is 366 g/mol. The Labute approximate surface area is 138 Å². The Morgan fingerprint density at radius 3 is 2.19 bits per heavy atom. The van der Waals surface area contributed by atoms with Crippen LogP contribution in [0, 0.1) is 18.6 Å². The van der Waals surface area contributed by atoms with Crippen LogP contribution >= 0.6 is 18.6 Å². The van der Waals surface area contributed by atoms with Crippen LogP contribution in [0.1, 0.15) is 11.1 Å². The monoisotopic (exact) mass is 365 g/mol. The van der Waals surface area contributed by atoms with Gasteiger partial charge in [0.1, 0.15) is 11.4 Å². The van der Waals surface area contributed by atoms with E-state index in [1.165, 1.54) is 12.3 Å². The molecule has 0 heterocycles. The quantitative estimate of drug-likeness (QED) is 0.582. The van der Waals surface area contributed by atoms with Gasteiger partial charge in [0.25, 0.3) is 0 Å². The number of aryl methyl sites for hydroxylation is 1. The molecule has 21 heavy (non-hydrogen) atoms. The molecule has 110 valence electrons. The van der Waals surface area contributed by atoms with Crippen LogP contribution in [-0.2, 0) is 17.0 Å². The number of para-hydroxylation sites is 2. The van der Waals surface area contributed by atoms with Crippen molar-refractivity contribution < 1.29 is 30.9 Å². The van der Waals surface area contributed by atoms with Crippen LogP contribution in [0.3, 0.4) is 0 Å². The predicted octanol–water partition coefficient (Wildman–Crippen LogP) is 5.11. The molecule has 0 aliphatic heterocycles. The van der Waals surface area contributed by atoms with Crippen molar-refractivity contribution in [3.05, 3.63) is 59.2 Å². The molecule has 0 saturated carbocycles. The van der Waals surface area contributed by atoms with E-state index >= 15 is 0 Å². The number of halogens is 4. The van der Waals surface area contributed by atoms with Crippen molar-refractivity contribution in [1.82, 2.24) is 0 Å². The molecular weight excluding hydrogens is 355 g/mol. The van der Waals surface area contributed by atoms with Crippen LogP contribution in [0.5, 0.6) is 5.75 Å². The number of hydrogen-bond donors (Lipinski definition) is 1. The van der Waals surface area contributed by atoms with E-state index in [0.717, 1.165) is 12.1 Å². The molecule has 0 unspecified atom stereocenters. The molecule has 0 atom stereocenters. The summed E-state index contributed by atoms with van der Waals surface area (Å²) in [5.74, 6) is -1.42. The first-order valence-electron chi connectivity index (χ1n) is 5.74. The van der Waals surface area contributed by atoms with E-state index in [0.29, 0.717) is 11.1 Å². The van der Waals surface area contributed by atoms with Crippen molar-refractivity contribution >= 4 is 30.5 Å². The van der Waals surface area contributed by atoms with Gasteiger partial charge in [-0.25, -0.2) is 13.8 Å². The Bertz CT molecular complexity index is 618. The minimum atomic E-state index is -0.738. The van der Waals surface area contributed by atoms with Gasteiger partial charge >= 0.3 is 35.6 Å². The number of aromatic hydroxyl groups is 1. The van der Waals surface area contributed by atoms with Gasteiger partial charge < -0.3 is 5.11 Å². The fourth-order valence-corrected chi connectivity index (χ4v) is 1.53. The van der Waals surface area contributed by atoms with E-state index in [1.807, 2.05) is 0 Å². The van der Waals surface area contributed by atoms with Crippen molar-refractivity contribution in [2.24, 2.45) is 4.99 Å². The van der Waals surface area contributed by atoms with Gasteiger partial charge in [0.15, 0.2) is 11.6 Å². The fraction of sp³-hybridized carbons (Fsp3) is 0.0714. The summed E-state index contributed by atoms with van der Waals surface area (Å²) in [5, 5.41) is 9.74. The molecule has 0 aliphatic carbocycles. The first-order chi connectivity index (χ1) is 10.0. The number of phenols is 1. The van der Waals surface area contributed by atoms with Gasteiger partial charge in [-0.15, -0.1) is 0 Å². The molecule has 2 aromatic carbocycles. The Balaban J connectivity index is 0.000000677. The maximum atomic E-state index is 13.3. The van der Waals surface area contributed by atoms with Gasteiger partial charge in [-0.1, -0.05) is 18.2 Å². The minimum absolute atomic E-state index is 0.0537. The van der Waals surface area contributed by atoms with Crippen molar-refractivity contribution in [1.29, 1.82) is 0 Å². The van der Waals surface area contributed by atoms with Gasteiger partial charge in [0.05, 0.1) is 0 Å². The van der Waals surface area contributed by atoms with E-state index in [-0.39, 0.29) is 11.4 Å². The second-order valence-corrected chi connectivity index (χ2v) is 6.49. The fourth-order valence-electron chi connectivity index (χ4n) is 1.53. The van der Waals surface area contributed by atoms with E-state index in [1.54, 1.807) is 25.1 Å². The summed E-state index contributed by atoms with van der Waals surface area (Å²) in [6.45, 7) is 1.73. The first-order valence-corrected chi connectivity index (χ1v) is 10.0. The number of nitrogens with zero attached hydrogens (tertiary/aromatic N) is 1. The summed E-state index contributed by atoms with van der Waals surface area (Å²) in [5.41, 5.74) is 0.726. The Morgan fingerprint density at radius 2 is 1.62 bits per heavy atom. The molecule has 0 spiro atoms. The summed E-state index contributed by atoms with van der Waals surface area (Å²) in [4.78, 5) is 3.74. The molecule has 7 heteroatoms. The average Bonchev–Trinajstić information content (AvgIpc) is 2.43. The number of phenolic OH excluding ortho intramolecular Hbond substituents is 1. The van der Waals surface area contributed by atoms with Crippen LogP contribution in [0.15, 0.2) is 41.4 Å². The van der Waals surface area contributed by atoms with Crippen LogP contribution in [0.2, 0.25) is 0 Å². The Kier molecular flexibility index (Phi) is 7.90. The molecule has 0 amide bonds. The molecule has 2 rings (SSSR count). The molecule has 1 N–H and O–H groups in total. The summed E-state index contributed by atoms with van der Waals surface area (Å²) < 4.78 is 26.6. The molecule has 2 aromatic rings. The van der Waals surface area contributed by atoms with E-state index < -0.39 is 28.7 Å². The third-order valence-corrected chi connectivity index (χ3v) is 2.54. The summed E-state index contributed by atoms with van der Waals surface area (Å²) in [7, 11) is 9.78. The molecule has 0 aromatic heterocycles. The first kappa shape index (κ1) is 18.1. The van der Waals surface area contributed by atoms with Crippen molar-refractivity contribution in [2.75, 3.05) is 0 Å². The van der Waals surface area contributed by atoms with Gasteiger partial charge in [-0.3, -0.25) is 0 Å². The van der Waals surface area contributed by atoms with E-state index in [2.05, 4.69) is 4.99 Å². The third-order valence-electron chi connectivity index (χ3n) is 2.54. The van der Waals surface area contributed by atoms with Crippen molar-refractivity contribution in [3.63, 3.8) is 0 Å². The molecular formula is C14H11Cl2F2NOTi. The summed E-state index contributed by atoms with van der Waals surface area (Å²) >= 11 is -0.556. The molecule has 0 bridgehead atoms. The van der Waals surface area contributed by atoms with Crippen LogP contribution in [0.4, 0.5) is 14.5 Å².